The molecule has 6 nitrogen and oxygen atoms in total. The monoisotopic (exact) mass is 356 g/mol. The molecule has 2 heterocycles. The van der Waals surface area contributed by atoms with Gasteiger partial charge in [-0.1, -0.05) is 30.3 Å². The third-order valence-electron chi connectivity index (χ3n) is 4.82. The zero-order valence-electron chi connectivity index (χ0n) is 15.1. The van der Waals surface area contributed by atoms with Gasteiger partial charge in [0.25, 0.3) is 5.91 Å². The molecule has 1 atom stereocenters. The van der Waals surface area contributed by atoms with E-state index in [2.05, 4.69) is 16.7 Å². The minimum atomic E-state index is -0.912. The summed E-state index contributed by atoms with van der Waals surface area (Å²) in [6.07, 6.45) is -0.533. The van der Waals surface area contributed by atoms with E-state index in [1.807, 2.05) is 38.1 Å². The third kappa shape index (κ3) is 3.96. The summed E-state index contributed by atoms with van der Waals surface area (Å²) in [5.41, 5.74) is 3.82. The van der Waals surface area contributed by atoms with Gasteiger partial charge in [-0.2, -0.15) is 0 Å². The maximum Gasteiger partial charge on any atom is 0.306 e. The molecular weight excluding hydrogens is 332 g/mol. The van der Waals surface area contributed by atoms with Crippen LogP contribution in [-0.4, -0.2) is 52.3 Å². The molecule has 6 heteroatoms. The van der Waals surface area contributed by atoms with Crippen molar-refractivity contribution in [2.45, 2.75) is 32.9 Å². The number of carboxylic acid groups (broad SMARTS) is 1. The van der Waals surface area contributed by atoms with Crippen molar-refractivity contribution < 1.29 is 19.4 Å². The van der Waals surface area contributed by atoms with Gasteiger partial charge in [0, 0.05) is 31.0 Å². The van der Waals surface area contributed by atoms with E-state index in [-0.39, 0.29) is 12.3 Å². The van der Waals surface area contributed by atoms with Crippen molar-refractivity contribution in [1.29, 1.82) is 0 Å². The molecule has 1 aromatic heterocycles. The van der Waals surface area contributed by atoms with Gasteiger partial charge in [0.1, 0.15) is 0 Å². The fourth-order valence-corrected chi connectivity index (χ4v) is 3.42. The smallest absolute Gasteiger partial charge is 0.306 e. The lowest BCUT2D eigenvalue weighted by atomic mass is 10.1. The Kier molecular flexibility index (Phi) is 5.42. The maximum atomic E-state index is 13.0. The first-order chi connectivity index (χ1) is 12.5. The Morgan fingerprint density at radius 3 is 2.65 bits per heavy atom. The summed E-state index contributed by atoms with van der Waals surface area (Å²) >= 11 is 0. The zero-order chi connectivity index (χ0) is 18.7. The Labute approximate surface area is 153 Å². The van der Waals surface area contributed by atoms with E-state index in [4.69, 9.17) is 9.84 Å². The predicted octanol–water partition coefficient (Wildman–Crippen LogP) is 2.47. The van der Waals surface area contributed by atoms with E-state index < -0.39 is 12.1 Å². The summed E-state index contributed by atoms with van der Waals surface area (Å²) in [6, 6.07) is 12.1. The van der Waals surface area contributed by atoms with Crippen molar-refractivity contribution in [3.63, 3.8) is 0 Å². The molecule has 1 saturated heterocycles. The molecule has 3 rings (SSSR count). The number of aryl methyl sites for hydroxylation is 1. The van der Waals surface area contributed by atoms with Crippen LogP contribution in [0.15, 0.2) is 36.4 Å². The summed E-state index contributed by atoms with van der Waals surface area (Å²) in [5, 5.41) is 8.94. The molecule has 1 aromatic carbocycles. The number of aromatic nitrogens is 1. The van der Waals surface area contributed by atoms with Crippen molar-refractivity contribution in [3.8, 4) is 0 Å². The second-order valence-electron chi connectivity index (χ2n) is 6.70. The van der Waals surface area contributed by atoms with E-state index in [0.29, 0.717) is 25.3 Å². The summed E-state index contributed by atoms with van der Waals surface area (Å²) in [6.45, 7) is 5.84. The molecule has 0 radical (unpaired) electrons. The van der Waals surface area contributed by atoms with Gasteiger partial charge in [-0.25, -0.2) is 0 Å². The van der Waals surface area contributed by atoms with Gasteiger partial charge in [0.05, 0.1) is 24.7 Å². The number of hydrogen-bond donors (Lipinski definition) is 1. The SMILES string of the molecule is Cc1cc(C(=O)N2CCOC(CC(=O)O)C2)c(C)n1Cc1ccccc1. The Hall–Kier alpha value is -2.60. The molecule has 1 aliphatic heterocycles. The van der Waals surface area contributed by atoms with Crippen LogP contribution in [-0.2, 0) is 16.1 Å². The van der Waals surface area contributed by atoms with Crippen molar-refractivity contribution >= 4 is 11.9 Å². The van der Waals surface area contributed by atoms with Crippen LogP contribution in [0.3, 0.4) is 0 Å². The Morgan fingerprint density at radius 2 is 1.96 bits per heavy atom. The number of carboxylic acids is 1. The molecule has 0 spiro atoms. The lowest BCUT2D eigenvalue weighted by Crippen LogP contribution is -2.46. The first kappa shape index (κ1) is 18.2. The molecular formula is C20H24N2O4. The van der Waals surface area contributed by atoms with Crippen LogP contribution < -0.4 is 0 Å². The third-order valence-corrected chi connectivity index (χ3v) is 4.82. The van der Waals surface area contributed by atoms with Crippen molar-refractivity contribution in [1.82, 2.24) is 9.47 Å². The van der Waals surface area contributed by atoms with Gasteiger partial charge in [0.2, 0.25) is 0 Å². The lowest BCUT2D eigenvalue weighted by molar-refractivity contribution is -0.141. The minimum absolute atomic E-state index is 0.0592. The van der Waals surface area contributed by atoms with Crippen LogP contribution in [0.4, 0.5) is 0 Å². The highest BCUT2D eigenvalue weighted by atomic mass is 16.5. The lowest BCUT2D eigenvalue weighted by Gasteiger charge is -2.32. The maximum absolute atomic E-state index is 13.0. The molecule has 2 aromatic rings. The van der Waals surface area contributed by atoms with Crippen LogP contribution in [0.2, 0.25) is 0 Å². The second kappa shape index (κ2) is 7.74. The van der Waals surface area contributed by atoms with Gasteiger partial charge in [-0.3, -0.25) is 9.59 Å². The number of hydrogen-bond acceptors (Lipinski definition) is 3. The average Bonchev–Trinajstić information content (AvgIpc) is 2.90. The first-order valence-electron chi connectivity index (χ1n) is 8.79. The van der Waals surface area contributed by atoms with Gasteiger partial charge < -0.3 is 19.3 Å². The highest BCUT2D eigenvalue weighted by Gasteiger charge is 2.28. The summed E-state index contributed by atoms with van der Waals surface area (Å²) in [7, 11) is 0. The van der Waals surface area contributed by atoms with Crippen LogP contribution in [0.5, 0.6) is 0 Å². The fraction of sp³-hybridized carbons (Fsp3) is 0.400. The molecule has 26 heavy (non-hydrogen) atoms. The number of benzene rings is 1. The van der Waals surface area contributed by atoms with Crippen LogP contribution in [0, 0.1) is 13.8 Å². The van der Waals surface area contributed by atoms with Crippen LogP contribution in [0.25, 0.3) is 0 Å². The van der Waals surface area contributed by atoms with Gasteiger partial charge in [-0.15, -0.1) is 0 Å². The van der Waals surface area contributed by atoms with Gasteiger partial charge >= 0.3 is 5.97 Å². The molecule has 0 saturated carbocycles. The largest absolute Gasteiger partial charge is 0.481 e. The van der Waals surface area contributed by atoms with Crippen LogP contribution in [0.1, 0.15) is 33.7 Å². The van der Waals surface area contributed by atoms with Crippen molar-refractivity contribution in [2.24, 2.45) is 0 Å². The highest BCUT2D eigenvalue weighted by Crippen LogP contribution is 2.20. The number of rotatable bonds is 5. The Balaban J connectivity index is 1.77. The van der Waals surface area contributed by atoms with Crippen molar-refractivity contribution in [3.05, 3.63) is 58.9 Å². The number of carbonyl (C=O) groups is 2. The molecule has 1 fully saturated rings. The average molecular weight is 356 g/mol. The van der Waals surface area contributed by atoms with Gasteiger partial charge in [-0.05, 0) is 25.5 Å². The predicted molar refractivity (Wildman–Crippen MR) is 97.3 cm³/mol. The molecule has 1 N–H and O–H groups in total. The summed E-state index contributed by atoms with van der Waals surface area (Å²) < 4.78 is 7.60. The number of morpholine rings is 1. The summed E-state index contributed by atoms with van der Waals surface area (Å²) in [5.74, 6) is -0.971. The molecule has 1 amide bonds. The second-order valence-corrected chi connectivity index (χ2v) is 6.70. The normalized spacial score (nSPS) is 17.3. The van der Waals surface area contributed by atoms with Crippen LogP contribution >= 0.6 is 0 Å². The fourth-order valence-electron chi connectivity index (χ4n) is 3.42. The number of amides is 1. The van der Waals surface area contributed by atoms with Crippen molar-refractivity contribution in [2.75, 3.05) is 19.7 Å². The van der Waals surface area contributed by atoms with E-state index in [1.54, 1.807) is 4.90 Å². The molecule has 138 valence electrons. The quantitative estimate of drug-likeness (QED) is 0.893. The molecule has 0 bridgehead atoms. The number of carbonyl (C=O) groups excluding carboxylic acids is 1. The van der Waals surface area contributed by atoms with E-state index in [1.165, 1.54) is 5.56 Å². The molecule has 1 aliphatic rings. The first-order valence-corrected chi connectivity index (χ1v) is 8.79. The minimum Gasteiger partial charge on any atom is -0.481 e. The number of aliphatic carboxylic acids is 1. The molecule has 0 aliphatic carbocycles. The van der Waals surface area contributed by atoms with E-state index in [0.717, 1.165) is 17.9 Å². The standard InChI is InChI=1S/C20H24N2O4/c1-14-10-18(15(2)22(14)12-16-6-4-3-5-7-16)20(25)21-8-9-26-17(13-21)11-19(23)24/h3-7,10,17H,8-9,11-13H2,1-2H3,(H,23,24). The zero-order valence-corrected chi connectivity index (χ0v) is 15.1. The van der Waals surface area contributed by atoms with Gasteiger partial charge in [0.15, 0.2) is 0 Å². The number of nitrogens with zero attached hydrogens (tertiary/aromatic N) is 2. The van der Waals surface area contributed by atoms with E-state index in [9.17, 15) is 9.59 Å². The number of ether oxygens (including phenoxy) is 1. The highest BCUT2D eigenvalue weighted by molar-refractivity contribution is 5.95. The molecule has 1 unspecified atom stereocenters. The Bertz CT molecular complexity index is 798. The van der Waals surface area contributed by atoms with E-state index >= 15 is 0 Å². The summed E-state index contributed by atoms with van der Waals surface area (Å²) in [4.78, 5) is 25.6. The topological polar surface area (TPSA) is 71.8 Å². The Morgan fingerprint density at radius 1 is 1.23 bits per heavy atom.